The molecule has 1 aromatic carbocycles. The number of ether oxygens (including phenoxy) is 1. The van der Waals surface area contributed by atoms with Crippen LogP contribution in [0.3, 0.4) is 0 Å². The Labute approximate surface area is 157 Å². The molecule has 0 heterocycles. The number of nitrogens with one attached hydrogen (secondary N) is 1. The zero-order valence-electron chi connectivity index (χ0n) is 15.9. The van der Waals surface area contributed by atoms with E-state index in [1.807, 2.05) is 13.8 Å². The Hall–Kier alpha value is -1.60. The van der Waals surface area contributed by atoms with Gasteiger partial charge < -0.3 is 9.64 Å². The fraction of sp³-hybridized carbons (Fsp3) is 0.632. The number of rotatable bonds is 9. The van der Waals surface area contributed by atoms with Gasteiger partial charge in [0.2, 0.25) is 15.9 Å². The molecule has 1 fully saturated rings. The van der Waals surface area contributed by atoms with E-state index in [9.17, 15) is 13.2 Å². The highest BCUT2D eigenvalue weighted by atomic mass is 32.2. The third-order valence-corrected chi connectivity index (χ3v) is 6.39. The quantitative estimate of drug-likeness (QED) is 0.712. The summed E-state index contributed by atoms with van der Waals surface area (Å²) in [5.41, 5.74) is 0. The van der Waals surface area contributed by atoms with E-state index in [1.165, 1.54) is 19.8 Å². The molecule has 0 bridgehead atoms. The van der Waals surface area contributed by atoms with E-state index in [1.54, 1.807) is 29.2 Å². The lowest BCUT2D eigenvalue weighted by Gasteiger charge is -2.27. The van der Waals surface area contributed by atoms with E-state index >= 15 is 0 Å². The van der Waals surface area contributed by atoms with Crippen molar-refractivity contribution in [3.63, 3.8) is 0 Å². The summed E-state index contributed by atoms with van der Waals surface area (Å²) in [5, 5.41) is 0. The number of hydrogen-bond acceptors (Lipinski definition) is 4. The lowest BCUT2D eigenvalue weighted by Crippen LogP contribution is -2.42. The van der Waals surface area contributed by atoms with Gasteiger partial charge in [0.05, 0.1) is 11.0 Å². The van der Waals surface area contributed by atoms with E-state index in [0.29, 0.717) is 12.3 Å². The zero-order valence-corrected chi connectivity index (χ0v) is 16.7. The molecule has 1 aliphatic rings. The molecule has 2 rings (SSSR count). The van der Waals surface area contributed by atoms with Gasteiger partial charge in [0.25, 0.3) is 0 Å². The Kier molecular flexibility index (Phi) is 7.46. The molecule has 1 amide bonds. The van der Waals surface area contributed by atoms with Crippen LogP contribution in [0.25, 0.3) is 0 Å². The molecule has 0 spiro atoms. The third-order valence-electron chi connectivity index (χ3n) is 4.91. The lowest BCUT2D eigenvalue weighted by molar-refractivity contribution is -0.130. The normalized spacial score (nSPS) is 16.4. The molecule has 146 valence electrons. The Morgan fingerprint density at radius 1 is 1.27 bits per heavy atom. The highest BCUT2D eigenvalue weighted by Crippen LogP contribution is 2.24. The minimum absolute atomic E-state index is 0.0491. The first kappa shape index (κ1) is 20.7. The van der Waals surface area contributed by atoms with E-state index in [-0.39, 0.29) is 29.5 Å². The summed E-state index contributed by atoms with van der Waals surface area (Å²) in [4.78, 5) is 13.6. The van der Waals surface area contributed by atoms with Crippen molar-refractivity contribution in [2.45, 2.75) is 69.9 Å². The van der Waals surface area contributed by atoms with E-state index < -0.39 is 10.0 Å². The Bertz CT molecular complexity index is 682. The summed E-state index contributed by atoms with van der Waals surface area (Å²) >= 11 is 0. The van der Waals surface area contributed by atoms with Gasteiger partial charge >= 0.3 is 0 Å². The molecule has 26 heavy (non-hydrogen) atoms. The molecule has 1 N–H and O–H groups in total. The van der Waals surface area contributed by atoms with Gasteiger partial charge in [-0.25, -0.2) is 13.1 Å². The topological polar surface area (TPSA) is 75.7 Å². The van der Waals surface area contributed by atoms with Crippen molar-refractivity contribution in [3.8, 4) is 5.75 Å². The second-order valence-electron chi connectivity index (χ2n) is 6.86. The number of amides is 1. The van der Waals surface area contributed by atoms with Gasteiger partial charge in [0.1, 0.15) is 5.75 Å². The fourth-order valence-electron chi connectivity index (χ4n) is 3.19. The minimum Gasteiger partial charge on any atom is -0.490 e. The van der Waals surface area contributed by atoms with E-state index in [2.05, 4.69) is 4.72 Å². The Morgan fingerprint density at radius 3 is 2.42 bits per heavy atom. The number of carbonyl (C=O) groups is 1. The smallest absolute Gasteiger partial charge is 0.240 e. The van der Waals surface area contributed by atoms with Crippen molar-refractivity contribution in [3.05, 3.63) is 24.3 Å². The van der Waals surface area contributed by atoms with Crippen molar-refractivity contribution in [1.29, 1.82) is 0 Å². The standard InChI is InChI=1S/C19H30N2O4S/c1-4-15(2)21(16(3)22)14-13-20-26(23,24)19-11-9-18(10-12-19)25-17-7-5-6-8-17/h9-12,15,17,20H,4-8,13-14H2,1-3H3. The van der Waals surface area contributed by atoms with Crippen LogP contribution in [-0.4, -0.2) is 44.5 Å². The van der Waals surface area contributed by atoms with Crippen LogP contribution < -0.4 is 9.46 Å². The van der Waals surface area contributed by atoms with Crippen LogP contribution in [-0.2, 0) is 14.8 Å². The molecular formula is C19H30N2O4S. The van der Waals surface area contributed by atoms with Gasteiger partial charge in [-0.05, 0) is 63.3 Å². The van der Waals surface area contributed by atoms with Gasteiger partial charge in [0, 0.05) is 26.1 Å². The highest BCUT2D eigenvalue weighted by Gasteiger charge is 2.19. The summed E-state index contributed by atoms with van der Waals surface area (Å²) in [7, 11) is -3.60. The fourth-order valence-corrected chi connectivity index (χ4v) is 4.21. The summed E-state index contributed by atoms with van der Waals surface area (Å²) in [6.07, 6.45) is 5.57. The molecule has 1 unspecified atom stereocenters. The predicted molar refractivity (Wildman–Crippen MR) is 102 cm³/mol. The monoisotopic (exact) mass is 382 g/mol. The van der Waals surface area contributed by atoms with Crippen molar-refractivity contribution in [2.75, 3.05) is 13.1 Å². The van der Waals surface area contributed by atoms with Crippen LogP contribution in [0.4, 0.5) is 0 Å². The number of nitrogens with zero attached hydrogens (tertiary/aromatic N) is 1. The maximum absolute atomic E-state index is 12.4. The van der Waals surface area contributed by atoms with Crippen LogP contribution in [0, 0.1) is 0 Å². The summed E-state index contributed by atoms with van der Waals surface area (Å²) in [6, 6.07) is 6.61. The third kappa shape index (κ3) is 5.71. The highest BCUT2D eigenvalue weighted by molar-refractivity contribution is 7.89. The minimum atomic E-state index is -3.60. The number of carbonyl (C=O) groups excluding carboxylic acids is 1. The lowest BCUT2D eigenvalue weighted by atomic mass is 10.2. The molecule has 0 aromatic heterocycles. The van der Waals surface area contributed by atoms with Crippen molar-refractivity contribution in [2.24, 2.45) is 0 Å². The zero-order chi connectivity index (χ0) is 19.2. The first-order valence-corrected chi connectivity index (χ1v) is 10.9. The van der Waals surface area contributed by atoms with Gasteiger partial charge in [-0.3, -0.25) is 4.79 Å². The SMILES string of the molecule is CCC(C)N(CCNS(=O)(=O)c1ccc(OC2CCCC2)cc1)C(C)=O. The molecule has 1 saturated carbocycles. The summed E-state index contributed by atoms with van der Waals surface area (Å²) < 4.78 is 33.3. The van der Waals surface area contributed by atoms with Gasteiger partial charge in [-0.15, -0.1) is 0 Å². The van der Waals surface area contributed by atoms with Crippen molar-refractivity contribution in [1.82, 2.24) is 9.62 Å². The molecular weight excluding hydrogens is 352 g/mol. The molecule has 1 aromatic rings. The van der Waals surface area contributed by atoms with E-state index in [4.69, 9.17) is 4.74 Å². The van der Waals surface area contributed by atoms with Crippen LogP contribution in [0.2, 0.25) is 0 Å². The number of benzene rings is 1. The van der Waals surface area contributed by atoms with Crippen molar-refractivity contribution >= 4 is 15.9 Å². The molecule has 1 atom stereocenters. The first-order chi connectivity index (χ1) is 12.3. The van der Waals surface area contributed by atoms with E-state index in [0.717, 1.165) is 19.3 Å². The van der Waals surface area contributed by atoms with Gasteiger partial charge in [0.15, 0.2) is 0 Å². The van der Waals surface area contributed by atoms with Crippen LogP contribution in [0.5, 0.6) is 5.75 Å². The predicted octanol–water partition coefficient (Wildman–Crippen LogP) is 2.93. The molecule has 0 radical (unpaired) electrons. The number of sulfonamides is 1. The molecule has 0 aliphatic heterocycles. The molecule has 1 aliphatic carbocycles. The summed E-state index contributed by atoms with van der Waals surface area (Å²) in [5.74, 6) is 0.655. The summed E-state index contributed by atoms with van der Waals surface area (Å²) in [6.45, 7) is 6.00. The van der Waals surface area contributed by atoms with Crippen LogP contribution in [0.1, 0.15) is 52.9 Å². The van der Waals surface area contributed by atoms with Crippen LogP contribution in [0.15, 0.2) is 29.2 Å². The largest absolute Gasteiger partial charge is 0.490 e. The second kappa shape index (κ2) is 9.37. The van der Waals surface area contributed by atoms with Gasteiger partial charge in [-0.1, -0.05) is 6.92 Å². The maximum atomic E-state index is 12.4. The van der Waals surface area contributed by atoms with Crippen LogP contribution >= 0.6 is 0 Å². The first-order valence-electron chi connectivity index (χ1n) is 9.37. The average Bonchev–Trinajstić information content (AvgIpc) is 3.11. The second-order valence-corrected chi connectivity index (χ2v) is 8.63. The Balaban J connectivity index is 1.91. The average molecular weight is 383 g/mol. The molecule has 0 saturated heterocycles. The maximum Gasteiger partial charge on any atom is 0.240 e. The number of hydrogen-bond donors (Lipinski definition) is 1. The molecule has 7 heteroatoms. The Morgan fingerprint density at radius 2 is 1.88 bits per heavy atom. The van der Waals surface area contributed by atoms with Gasteiger partial charge in [-0.2, -0.15) is 0 Å². The van der Waals surface area contributed by atoms with Crippen molar-refractivity contribution < 1.29 is 17.9 Å². The molecule has 6 nitrogen and oxygen atoms in total.